The van der Waals surface area contributed by atoms with Gasteiger partial charge < -0.3 is 110 Å². The third-order valence-corrected chi connectivity index (χ3v) is 31.1. The molecule has 0 radical (unpaired) electrons. The lowest BCUT2D eigenvalue weighted by Gasteiger charge is -2.18. The number of aliphatic hydroxyl groups excluding tert-OH is 7. The van der Waals surface area contributed by atoms with Crippen molar-refractivity contribution in [2.24, 2.45) is 0 Å². The first-order valence-corrected chi connectivity index (χ1v) is 48.8. The van der Waals surface area contributed by atoms with Crippen molar-refractivity contribution in [2.45, 2.75) is 295 Å². The molecule has 13 aliphatic rings. The van der Waals surface area contributed by atoms with Crippen LogP contribution in [0.1, 0.15) is 329 Å². The van der Waals surface area contributed by atoms with Gasteiger partial charge in [-0.05, 0) is 179 Å². The lowest BCUT2D eigenvalue weighted by molar-refractivity contribution is 0.0438. The number of halogens is 4. The molecule has 28 rings (SSSR count). The average Bonchev–Trinajstić information content (AvgIpc) is 1.58. The maximum absolute atomic E-state index is 13.6. The Balaban J connectivity index is 0.0000000944. The van der Waals surface area contributed by atoms with E-state index in [1.165, 1.54) is 49.4 Å². The van der Waals surface area contributed by atoms with Crippen LogP contribution in [0.3, 0.4) is 0 Å². The van der Waals surface area contributed by atoms with E-state index in [9.17, 15) is 58.1 Å². The summed E-state index contributed by atoms with van der Waals surface area (Å²) in [6, 6.07) is -1.78. The van der Waals surface area contributed by atoms with Gasteiger partial charge in [-0.15, -0.1) is 0 Å². The van der Waals surface area contributed by atoms with Crippen LogP contribution < -0.4 is 28.7 Å². The van der Waals surface area contributed by atoms with Crippen LogP contribution in [0.15, 0.2) is 54.3 Å². The number of hydrogen-bond donors (Lipinski definition) is 12. The van der Waals surface area contributed by atoms with Crippen molar-refractivity contribution in [3.05, 3.63) is 117 Å². The molecule has 0 aliphatic heterocycles. The van der Waals surface area contributed by atoms with Gasteiger partial charge in [0.15, 0.2) is 11.5 Å². The smallest absolute Gasteiger partial charge is 0.169 e. The van der Waals surface area contributed by atoms with Gasteiger partial charge in [-0.3, -0.25) is 4.79 Å². The molecule has 15 aromatic rings. The fourth-order valence-electron chi connectivity index (χ4n) is 23.8. The van der Waals surface area contributed by atoms with Gasteiger partial charge in [0.25, 0.3) is 0 Å². The van der Waals surface area contributed by atoms with Crippen molar-refractivity contribution in [1.29, 1.82) is 0 Å². The van der Waals surface area contributed by atoms with Crippen molar-refractivity contribution in [3.63, 3.8) is 0 Å². The maximum Gasteiger partial charge on any atom is 0.169 e. The van der Waals surface area contributed by atoms with E-state index >= 15 is 0 Å². The van der Waals surface area contributed by atoms with Crippen LogP contribution in [0.25, 0.3) is 111 Å². The molecular weight excluding hydrogens is 1800 g/mol. The summed E-state index contributed by atoms with van der Waals surface area (Å²) < 4.78 is 92.5. The predicted octanol–water partition coefficient (Wildman–Crippen LogP) is 14.0. The molecule has 8 fully saturated rings. The molecule has 13 aliphatic carbocycles. The highest BCUT2D eigenvalue weighted by Crippen LogP contribution is 2.59. The van der Waals surface area contributed by atoms with Gasteiger partial charge >= 0.3 is 0 Å². The third-order valence-electron chi connectivity index (χ3n) is 31.1. The lowest BCUT2D eigenvalue weighted by Crippen LogP contribution is -2.17. The van der Waals surface area contributed by atoms with Crippen molar-refractivity contribution >= 4 is 90.0 Å². The van der Waals surface area contributed by atoms with E-state index in [1.54, 1.807) is 15.5 Å². The number of aromatic nitrogens is 20. The molecule has 7 unspecified atom stereocenters. The molecule has 15 heterocycles. The Morgan fingerprint density at radius 3 is 0.978 bits per heavy atom. The number of anilines is 5. The Morgan fingerprint density at radius 1 is 0.324 bits per heavy atom. The Hall–Kier alpha value is -12.7. The fourth-order valence-corrected chi connectivity index (χ4v) is 23.8. The minimum absolute atomic E-state index is 0.0796. The molecule has 726 valence electrons. The zero-order valence-corrected chi connectivity index (χ0v) is 76.3. The summed E-state index contributed by atoms with van der Waals surface area (Å²) in [5.41, 5.74) is 49.8. The second-order valence-corrected chi connectivity index (χ2v) is 40.1. The van der Waals surface area contributed by atoms with Gasteiger partial charge in [0.05, 0.1) is 104 Å². The number of nitrogen functional groups attached to an aromatic ring is 5. The van der Waals surface area contributed by atoms with E-state index in [-0.39, 0.29) is 59.6 Å². The highest BCUT2D eigenvalue weighted by Gasteiger charge is 2.49. The highest BCUT2D eigenvalue weighted by atomic mass is 19.1. The number of alkyl halides is 4. The second-order valence-electron chi connectivity index (χ2n) is 40.1. The van der Waals surface area contributed by atoms with Gasteiger partial charge in [-0.1, -0.05) is 32.7 Å². The quantitative estimate of drug-likeness (QED) is 0.0450. The Morgan fingerprint density at radius 2 is 0.619 bits per heavy atom. The van der Waals surface area contributed by atoms with Gasteiger partial charge in [0.1, 0.15) is 167 Å². The number of nitrogens with two attached hydrogens (primary N) is 5. The monoisotopic (exact) mass is 1910 g/mol. The van der Waals surface area contributed by atoms with E-state index in [0.29, 0.717) is 218 Å². The first-order valence-electron chi connectivity index (χ1n) is 48.8. The van der Waals surface area contributed by atoms with Crippen molar-refractivity contribution in [2.75, 3.05) is 55.4 Å². The van der Waals surface area contributed by atoms with Gasteiger partial charge in [0.2, 0.25) is 0 Å². The molecule has 0 bridgehead atoms. The van der Waals surface area contributed by atoms with Crippen LogP contribution in [0, 0.1) is 0 Å². The summed E-state index contributed by atoms with van der Waals surface area (Å²) in [5, 5.41) is 98.0. The molecule has 0 spiro atoms. The molecule has 8 saturated carbocycles. The van der Waals surface area contributed by atoms with E-state index in [4.69, 9.17) is 51.3 Å². The van der Waals surface area contributed by atoms with Crippen molar-refractivity contribution in [1.82, 2.24) is 98.5 Å². The summed E-state index contributed by atoms with van der Waals surface area (Å²) in [6.07, 6.45) is 24.8. The fraction of sp³-hybridized carbons (Fsp3) is 0.526. The molecule has 17 N–H and O–H groups in total. The number of carbonyl (C=O) groups is 1. The van der Waals surface area contributed by atoms with E-state index in [1.807, 2.05) is 0 Å². The van der Waals surface area contributed by atoms with Crippen molar-refractivity contribution in [3.8, 4) is 56.3 Å². The summed E-state index contributed by atoms with van der Waals surface area (Å²) in [6.45, 7) is -1.23. The van der Waals surface area contributed by atoms with Crippen LogP contribution in [-0.2, 0) is 32.1 Å². The van der Waals surface area contributed by atoms with E-state index in [2.05, 4.69) is 96.2 Å². The predicted molar refractivity (Wildman–Crippen MR) is 496 cm³/mol. The molecular formula is C97H107F4N25O13. The zero-order chi connectivity index (χ0) is 95.3. The van der Waals surface area contributed by atoms with Crippen molar-refractivity contribution < 1.29 is 80.7 Å². The topological polar surface area (TPSA) is 572 Å². The molecule has 0 amide bonds. The summed E-state index contributed by atoms with van der Waals surface area (Å²) in [7, 11) is 0. The summed E-state index contributed by atoms with van der Waals surface area (Å²) in [5.74, 6) is 7.79. The van der Waals surface area contributed by atoms with Crippen LogP contribution in [0.5, 0.6) is 0 Å². The third kappa shape index (κ3) is 14.7. The maximum atomic E-state index is 13.6. The summed E-state index contributed by atoms with van der Waals surface area (Å²) in [4.78, 5) is 56.0. The average molecular weight is 1910 g/mol. The number of aliphatic hydroxyl groups is 7. The SMILES string of the molecule is CC1CCc2c(c3c(N)ncnc3n2C2CCC(O)C2)-c2noc(C3CC3)c21.Nc1ncnc2c1c1c(n2C(CF)CF)CC[C@@H](O)c2c-1noc2C1CC1.Nc1ncnc2c1c1c(n2C(CF)CF)CC[C@H](O)c2c-1noc2C1CC1.Nc1ncnc2c1c1c(n2C2CCC(O)C2)CCC(=O)c2c-1noc2C1CC1.Nc1ncnc2c1c1c(n2C2C[C@@H](O)[C@@H](O)C2)CCC(O)c2c-1noc2C1CC1. The van der Waals surface area contributed by atoms with Gasteiger partial charge in [-0.25, -0.2) is 67.4 Å². The number of hydrogen-bond acceptors (Lipinski definition) is 33. The van der Waals surface area contributed by atoms with Crippen LogP contribution in [-0.4, -0.2) is 191 Å². The number of fused-ring (bicyclic) bond motifs is 25. The van der Waals surface area contributed by atoms with E-state index in [0.717, 1.165) is 175 Å². The number of rotatable bonds is 14. The number of ketones is 1. The number of nitrogens with zero attached hydrogens (tertiary/aromatic N) is 20. The van der Waals surface area contributed by atoms with E-state index < -0.39 is 69.3 Å². The number of Topliss-reactive ketones (excluding diaryl/α,β-unsaturated/α-hetero) is 1. The molecule has 0 saturated heterocycles. The summed E-state index contributed by atoms with van der Waals surface area (Å²) >= 11 is 0. The first kappa shape index (κ1) is 88.9. The molecule has 11 atom stereocenters. The van der Waals surface area contributed by atoms with Crippen LogP contribution in [0.2, 0.25) is 0 Å². The molecule has 15 aromatic heterocycles. The normalized spacial score (nSPS) is 23.9. The Bertz CT molecular complexity index is 7190. The molecule has 42 heteroatoms. The highest BCUT2D eigenvalue weighted by molar-refractivity contribution is 6.11. The molecule has 38 nitrogen and oxygen atoms in total. The standard InChI is InChI=1S/C21H25N5O2.C20H23N5O4.C20H21N5O3.2C18H19F2N5O2/c1-10-2-7-14-16(18-15(10)19(28-25-18)11-3-4-11)17-20(22)23-9-24-21(17)26(14)12-5-6-13(27)8-12;21-19-16-14-10(3-4-11(26)15-17(14)24-29-18(15)8-1-2-8)25(20(16)23-7-22-19)9-5-12(27)13(28)6-9;21-19-16-14-12(25(20(16)23-8-22-19)10-3-4-11(26)7-10)5-6-13(27)15-17(14)24-28-18(15)9-1-2-9;2*19-5-9(6-20)25-10-3-4-11(26)13-15(24-27-16(13)8-1-2-8)12(10)14-17(21)22-7-23-18(14)25/h9-13,27H,2-8H2,1H3,(H2,22,23,24);7-9,11-13,26-28H,1-6H2,(H2,21,22,23);8-11,26H,1-7H2,(H2,21,22,23);2*7-9,11,26H,1-6H2,(H2,21,22,23)/t;9?,11?,12-,13+;;2*11-/m...10/s1. The van der Waals surface area contributed by atoms with Crippen LogP contribution >= 0.6 is 0 Å². The second kappa shape index (κ2) is 34.6. The minimum atomic E-state index is -1.01. The number of carbonyl (C=O) groups excluding carboxylic acids is 1. The minimum Gasteiger partial charge on any atom is -0.393 e. The van der Waals surface area contributed by atoms with Gasteiger partial charge in [-0.2, -0.15) is 0 Å². The molecule has 0 aromatic carbocycles. The zero-order valence-electron chi connectivity index (χ0n) is 76.3. The lowest BCUT2D eigenvalue weighted by atomic mass is 9.94. The first-order chi connectivity index (χ1) is 67.6. The largest absolute Gasteiger partial charge is 0.393 e. The Labute approximate surface area is 788 Å². The van der Waals surface area contributed by atoms with Gasteiger partial charge in [0, 0.05) is 116 Å². The Kier molecular flexibility index (Phi) is 22.2. The van der Waals surface area contributed by atoms with Crippen LogP contribution in [0.4, 0.5) is 46.7 Å². The molecule has 139 heavy (non-hydrogen) atoms.